The molecule has 21 rings (SSSR count). The number of fused-ring (bicyclic) bond motifs is 29. The predicted octanol–water partition coefficient (Wildman–Crippen LogP) is 19.1. The predicted molar refractivity (Wildman–Crippen MR) is 350 cm³/mol. The molecule has 0 bridgehead atoms. The third kappa shape index (κ3) is 5.35. The van der Waals surface area contributed by atoms with E-state index >= 15 is 0 Å². The number of aromatic nitrogens is 2. The zero-order valence-corrected chi connectivity index (χ0v) is 44.5. The lowest BCUT2D eigenvalue weighted by molar-refractivity contribution is 0.668. The maximum absolute atomic E-state index is 6.65. The molecule has 0 fully saturated rings. The average Bonchev–Trinajstić information content (AvgIpc) is 2.36. The van der Waals surface area contributed by atoms with Gasteiger partial charge in [-0.3, -0.25) is 0 Å². The summed E-state index contributed by atoms with van der Waals surface area (Å²) in [5.41, 5.74) is 19.5. The zero-order valence-electron chi connectivity index (χ0n) is 44.5. The Morgan fingerprint density at radius 3 is 1.33 bits per heavy atom. The fourth-order valence-corrected chi connectivity index (χ4v) is 16.0. The van der Waals surface area contributed by atoms with E-state index in [0.717, 1.165) is 66.1 Å². The van der Waals surface area contributed by atoms with E-state index in [1.807, 2.05) is 6.07 Å². The minimum absolute atomic E-state index is 0.115. The number of rotatable bonds is 2. The van der Waals surface area contributed by atoms with E-state index in [9.17, 15) is 0 Å². The van der Waals surface area contributed by atoms with Crippen molar-refractivity contribution in [2.45, 2.75) is 0 Å². The first kappa shape index (κ1) is 43.0. The molecule has 4 aromatic heterocycles. The quantitative estimate of drug-likeness (QED) is 0.128. The monoisotopic (exact) mass is 1050 g/mol. The molecule has 0 amide bonds. The molecule has 0 aliphatic carbocycles. The second-order valence-electron chi connectivity index (χ2n) is 23.3. The molecule has 0 unspecified atom stereocenters. The van der Waals surface area contributed by atoms with Crippen molar-refractivity contribution in [1.82, 2.24) is 9.13 Å². The second kappa shape index (κ2) is 15.1. The Kier molecular flexibility index (Phi) is 7.83. The van der Waals surface area contributed by atoms with Crippen LogP contribution in [0.3, 0.4) is 0 Å². The van der Waals surface area contributed by atoms with Gasteiger partial charge in [0, 0.05) is 65.4 Å². The molecule has 19 aromatic rings. The smallest absolute Gasteiger partial charge is 0.252 e. The van der Waals surface area contributed by atoms with E-state index in [-0.39, 0.29) is 6.71 Å². The van der Waals surface area contributed by atoms with Gasteiger partial charge in [0.1, 0.15) is 22.3 Å². The molecule has 6 heterocycles. The Hall–Kier alpha value is -10.9. The van der Waals surface area contributed by atoms with Crippen LogP contribution in [0.4, 0.5) is 0 Å². The Labute approximate surface area is 472 Å². The van der Waals surface area contributed by atoms with Crippen LogP contribution < -0.4 is 16.4 Å². The first-order valence-corrected chi connectivity index (χ1v) is 28.8. The normalized spacial score (nSPS) is 13.0. The van der Waals surface area contributed by atoms with Gasteiger partial charge in [0.2, 0.25) is 0 Å². The molecule has 0 saturated heterocycles. The number of hydrogen-bond acceptors (Lipinski definition) is 2. The maximum atomic E-state index is 6.65. The SMILES string of the molecule is c1cc2c3c(c1)-n1c4cc5c6ccccc6c6ccccc6c5cc4c4c5c6ccccc6c6ccccc6c5cc(c41)B3c1cc(-c3ccc4c(c3)oc3ccccc34)cc3c4cc(-c5ccc6c(c5)oc5ccccc56)ccc4n-2c13. The van der Waals surface area contributed by atoms with Gasteiger partial charge in [-0.1, -0.05) is 170 Å². The molecule has 15 aromatic carbocycles. The number of hydrogen-bond donors (Lipinski definition) is 0. The Balaban J connectivity index is 0.928. The highest BCUT2D eigenvalue weighted by molar-refractivity contribution is 7.00. The summed E-state index contributed by atoms with van der Waals surface area (Å²) in [5.74, 6) is 0. The van der Waals surface area contributed by atoms with E-state index in [1.54, 1.807) is 0 Å². The van der Waals surface area contributed by atoms with Crippen LogP contribution in [0.5, 0.6) is 0 Å². The molecule has 5 heteroatoms. The molecule has 83 heavy (non-hydrogen) atoms. The highest BCUT2D eigenvalue weighted by atomic mass is 16.3. The summed E-state index contributed by atoms with van der Waals surface area (Å²) < 4.78 is 18.4. The van der Waals surface area contributed by atoms with E-state index < -0.39 is 0 Å². The first-order valence-electron chi connectivity index (χ1n) is 28.8. The highest BCUT2D eigenvalue weighted by Crippen LogP contribution is 2.49. The Bertz CT molecular complexity index is 6270. The van der Waals surface area contributed by atoms with Gasteiger partial charge < -0.3 is 18.0 Å². The molecule has 0 N–H and O–H groups in total. The van der Waals surface area contributed by atoms with E-state index in [1.165, 1.54) is 136 Å². The van der Waals surface area contributed by atoms with Crippen LogP contribution in [0.2, 0.25) is 0 Å². The van der Waals surface area contributed by atoms with Crippen molar-refractivity contribution in [3.63, 3.8) is 0 Å². The van der Waals surface area contributed by atoms with Gasteiger partial charge in [0.05, 0.1) is 16.6 Å². The van der Waals surface area contributed by atoms with Gasteiger partial charge >= 0.3 is 0 Å². The number of nitrogens with zero attached hydrogens (tertiary/aromatic N) is 2. The summed E-state index contributed by atoms with van der Waals surface area (Å²) in [4.78, 5) is 0. The third-order valence-corrected chi connectivity index (χ3v) is 19.4. The standard InChI is InChI=1S/C78H41BN2O2/c1-4-18-50-46(14-1)47-15-2-5-19-51(47)59-41-69-63(39-58(50)59)75-74-57-23-8-7-17-49(57)48-16-3-6-20-52(48)61(74)40-65-78(75)81(69)68-25-13-24-67-76(68)79(65)64-36-45(44-29-32-56-54-22-10-12-27-71(54)83-73(56)38-44)35-62-60-34-42(30-33-66(60)80(67)77(62)64)43-28-31-55-53-21-9-11-26-70(53)82-72(55)37-43/h1-41H. The van der Waals surface area contributed by atoms with E-state index in [2.05, 4.69) is 252 Å². The molecule has 4 nitrogen and oxygen atoms in total. The molecule has 0 spiro atoms. The van der Waals surface area contributed by atoms with Gasteiger partial charge in [0.15, 0.2) is 0 Å². The summed E-state index contributed by atoms with van der Waals surface area (Å²) in [6.07, 6.45) is 0. The highest BCUT2D eigenvalue weighted by Gasteiger charge is 2.42. The molecule has 378 valence electrons. The molecule has 0 atom stereocenters. The fourth-order valence-electron chi connectivity index (χ4n) is 16.0. The Morgan fingerprint density at radius 2 is 0.699 bits per heavy atom. The third-order valence-electron chi connectivity index (χ3n) is 19.4. The summed E-state index contributed by atoms with van der Waals surface area (Å²) >= 11 is 0. The van der Waals surface area contributed by atoms with Crippen LogP contribution in [0.15, 0.2) is 258 Å². The van der Waals surface area contributed by atoms with Gasteiger partial charge in [0.25, 0.3) is 6.71 Å². The zero-order chi connectivity index (χ0) is 53.5. The number of para-hydroxylation sites is 2. The summed E-state index contributed by atoms with van der Waals surface area (Å²) in [5, 5.41) is 24.9. The van der Waals surface area contributed by atoms with E-state index in [4.69, 9.17) is 8.83 Å². The fraction of sp³-hybridized carbons (Fsp3) is 0. The molecule has 0 saturated carbocycles. The second-order valence-corrected chi connectivity index (χ2v) is 23.3. The molecule has 2 aliphatic heterocycles. The van der Waals surface area contributed by atoms with Crippen molar-refractivity contribution in [2.75, 3.05) is 0 Å². The van der Waals surface area contributed by atoms with Crippen molar-refractivity contribution in [3.05, 3.63) is 249 Å². The van der Waals surface area contributed by atoms with Crippen LogP contribution in [-0.2, 0) is 0 Å². The van der Waals surface area contributed by atoms with Crippen molar-refractivity contribution >= 4 is 175 Å². The number of furan rings is 2. The van der Waals surface area contributed by atoms with Gasteiger partial charge in [-0.25, -0.2) is 0 Å². The minimum Gasteiger partial charge on any atom is -0.456 e. The Morgan fingerprint density at radius 1 is 0.241 bits per heavy atom. The van der Waals surface area contributed by atoms with Crippen molar-refractivity contribution in [1.29, 1.82) is 0 Å². The van der Waals surface area contributed by atoms with E-state index in [0.29, 0.717) is 0 Å². The largest absolute Gasteiger partial charge is 0.456 e. The minimum atomic E-state index is -0.115. The first-order chi connectivity index (χ1) is 41.2. The van der Waals surface area contributed by atoms with Crippen LogP contribution in [0.1, 0.15) is 0 Å². The van der Waals surface area contributed by atoms with Crippen LogP contribution in [0.25, 0.3) is 186 Å². The maximum Gasteiger partial charge on any atom is 0.252 e. The average molecular weight is 1050 g/mol. The number of benzene rings is 15. The molecular weight excluding hydrogens is 1010 g/mol. The molecule has 2 aliphatic rings. The van der Waals surface area contributed by atoms with Crippen LogP contribution in [0, 0.1) is 0 Å². The van der Waals surface area contributed by atoms with Crippen LogP contribution in [-0.4, -0.2) is 15.8 Å². The van der Waals surface area contributed by atoms with Crippen molar-refractivity contribution in [3.8, 4) is 33.6 Å². The van der Waals surface area contributed by atoms with Gasteiger partial charge in [-0.15, -0.1) is 0 Å². The summed E-state index contributed by atoms with van der Waals surface area (Å²) in [6, 6.07) is 93.4. The van der Waals surface area contributed by atoms with Crippen LogP contribution >= 0.6 is 0 Å². The summed E-state index contributed by atoms with van der Waals surface area (Å²) in [6.45, 7) is -0.115. The lowest BCUT2D eigenvalue weighted by atomic mass is 9.34. The van der Waals surface area contributed by atoms with Crippen molar-refractivity contribution in [2.24, 2.45) is 0 Å². The van der Waals surface area contributed by atoms with Crippen molar-refractivity contribution < 1.29 is 8.83 Å². The summed E-state index contributed by atoms with van der Waals surface area (Å²) in [7, 11) is 0. The van der Waals surface area contributed by atoms with Gasteiger partial charge in [-0.2, -0.15) is 0 Å². The molecule has 0 radical (unpaired) electrons. The molecular formula is C78H41BN2O2. The lowest BCUT2D eigenvalue weighted by Gasteiger charge is -2.34. The topological polar surface area (TPSA) is 36.1 Å². The van der Waals surface area contributed by atoms with Gasteiger partial charge in [-0.05, 0) is 177 Å². The lowest BCUT2D eigenvalue weighted by Crippen LogP contribution is -2.59.